The number of anilines is 1. The van der Waals surface area contributed by atoms with Gasteiger partial charge in [0.2, 0.25) is 0 Å². The highest BCUT2D eigenvalue weighted by atomic mass is 16.3. The normalized spacial score (nSPS) is 23.2. The van der Waals surface area contributed by atoms with Gasteiger partial charge in [-0.15, -0.1) is 0 Å². The smallest absolute Gasteiger partial charge is 0.0599 e. The number of aliphatic hydroxyl groups excluding tert-OH is 1. The van der Waals surface area contributed by atoms with E-state index in [4.69, 9.17) is 5.73 Å². The lowest BCUT2D eigenvalue weighted by Gasteiger charge is -2.36. The fourth-order valence-electron chi connectivity index (χ4n) is 3.15. The van der Waals surface area contributed by atoms with E-state index < -0.39 is 0 Å². The Hall–Kier alpha value is -1.58. The molecule has 3 rings (SSSR count). The molecule has 1 fully saturated rings. The van der Waals surface area contributed by atoms with Crippen LogP contribution in [0.5, 0.6) is 0 Å². The van der Waals surface area contributed by atoms with E-state index in [1.807, 2.05) is 0 Å². The van der Waals surface area contributed by atoms with Crippen molar-refractivity contribution in [3.63, 3.8) is 0 Å². The first kappa shape index (κ1) is 13.4. The second-order valence-electron chi connectivity index (χ2n) is 5.77. The maximum Gasteiger partial charge on any atom is 0.0599 e. The molecule has 1 aliphatic heterocycles. The Morgan fingerprint density at radius 1 is 1.20 bits per heavy atom. The monoisotopic (exact) mass is 270 g/mol. The molecule has 2 unspecified atom stereocenters. The first-order valence-electron chi connectivity index (χ1n) is 7.34. The van der Waals surface area contributed by atoms with Crippen LogP contribution < -0.4 is 10.6 Å². The van der Waals surface area contributed by atoms with Crippen LogP contribution in [0.1, 0.15) is 18.9 Å². The van der Waals surface area contributed by atoms with Crippen LogP contribution in [0.2, 0.25) is 0 Å². The Labute approximate surface area is 120 Å². The third kappa shape index (κ3) is 2.28. The molecule has 2 aromatic rings. The number of hydrogen-bond acceptors (Lipinski definition) is 3. The summed E-state index contributed by atoms with van der Waals surface area (Å²) in [5, 5.41) is 12.4. The lowest BCUT2D eigenvalue weighted by Crippen LogP contribution is -2.42. The molecule has 0 aliphatic carbocycles. The summed E-state index contributed by atoms with van der Waals surface area (Å²) >= 11 is 0. The molecule has 0 saturated carbocycles. The van der Waals surface area contributed by atoms with Crippen LogP contribution in [0, 0.1) is 5.92 Å². The van der Waals surface area contributed by atoms with Gasteiger partial charge in [-0.05, 0) is 29.4 Å². The molecule has 0 bridgehead atoms. The lowest BCUT2D eigenvalue weighted by molar-refractivity contribution is 0.0972. The number of benzene rings is 2. The van der Waals surface area contributed by atoms with Gasteiger partial charge in [-0.2, -0.15) is 0 Å². The van der Waals surface area contributed by atoms with E-state index in [1.54, 1.807) is 0 Å². The van der Waals surface area contributed by atoms with E-state index in [9.17, 15) is 5.11 Å². The molecular formula is C17H22N2O. The van der Waals surface area contributed by atoms with Gasteiger partial charge in [0.05, 0.1) is 6.10 Å². The van der Waals surface area contributed by atoms with E-state index in [2.05, 4.69) is 48.2 Å². The zero-order valence-corrected chi connectivity index (χ0v) is 11.9. The molecule has 20 heavy (non-hydrogen) atoms. The van der Waals surface area contributed by atoms with Crippen LogP contribution in [-0.2, 0) is 6.54 Å². The Morgan fingerprint density at radius 2 is 1.95 bits per heavy atom. The summed E-state index contributed by atoms with van der Waals surface area (Å²) in [7, 11) is 0. The van der Waals surface area contributed by atoms with Gasteiger partial charge in [-0.25, -0.2) is 0 Å². The van der Waals surface area contributed by atoms with Crippen LogP contribution in [0.25, 0.3) is 10.8 Å². The van der Waals surface area contributed by atoms with Gasteiger partial charge < -0.3 is 15.7 Å². The summed E-state index contributed by atoms with van der Waals surface area (Å²) in [5.74, 6) is 0.316. The minimum atomic E-state index is -0.166. The second kappa shape index (κ2) is 5.43. The summed E-state index contributed by atoms with van der Waals surface area (Å²) in [5.41, 5.74) is 8.29. The van der Waals surface area contributed by atoms with Crippen molar-refractivity contribution in [1.82, 2.24) is 0 Å². The van der Waals surface area contributed by atoms with Crippen molar-refractivity contribution in [2.24, 2.45) is 11.7 Å². The number of nitrogens with two attached hydrogens (primary N) is 1. The predicted molar refractivity (Wildman–Crippen MR) is 83.8 cm³/mol. The van der Waals surface area contributed by atoms with Crippen molar-refractivity contribution >= 4 is 16.5 Å². The Kier molecular flexibility index (Phi) is 3.64. The topological polar surface area (TPSA) is 49.5 Å². The maximum absolute atomic E-state index is 9.89. The van der Waals surface area contributed by atoms with Gasteiger partial charge in [-0.3, -0.25) is 0 Å². The van der Waals surface area contributed by atoms with E-state index in [0.29, 0.717) is 12.5 Å². The molecule has 0 radical (unpaired) electrons. The van der Waals surface area contributed by atoms with Crippen LogP contribution in [-0.4, -0.2) is 24.3 Å². The molecular weight excluding hydrogens is 248 g/mol. The Bertz CT molecular complexity index is 611. The number of rotatable bonds is 2. The van der Waals surface area contributed by atoms with Gasteiger partial charge >= 0.3 is 0 Å². The van der Waals surface area contributed by atoms with Crippen molar-refractivity contribution in [2.75, 3.05) is 18.0 Å². The standard InChI is InChI=1S/C17H22N2O/c1-12-11-19(9-8-17(12)20)16-7-6-13(10-18)14-4-2-3-5-15(14)16/h2-7,12,17,20H,8-11,18H2,1H3. The highest BCUT2D eigenvalue weighted by Crippen LogP contribution is 2.32. The maximum atomic E-state index is 9.89. The van der Waals surface area contributed by atoms with Gasteiger partial charge in [0.25, 0.3) is 0 Å². The summed E-state index contributed by atoms with van der Waals surface area (Å²) in [6, 6.07) is 12.8. The van der Waals surface area contributed by atoms with Crippen molar-refractivity contribution < 1.29 is 5.11 Å². The van der Waals surface area contributed by atoms with Crippen LogP contribution in [0.3, 0.4) is 0 Å². The zero-order chi connectivity index (χ0) is 14.1. The lowest BCUT2D eigenvalue weighted by atomic mass is 9.95. The van der Waals surface area contributed by atoms with Crippen molar-refractivity contribution in [3.8, 4) is 0 Å². The van der Waals surface area contributed by atoms with Gasteiger partial charge in [0, 0.05) is 30.7 Å². The number of aliphatic hydroxyl groups is 1. The zero-order valence-electron chi connectivity index (χ0n) is 11.9. The second-order valence-corrected chi connectivity index (χ2v) is 5.77. The highest BCUT2D eigenvalue weighted by molar-refractivity contribution is 5.96. The summed E-state index contributed by atoms with van der Waals surface area (Å²) in [6.45, 7) is 4.51. The number of hydrogen-bond donors (Lipinski definition) is 2. The molecule has 1 aliphatic rings. The van der Waals surface area contributed by atoms with E-state index in [1.165, 1.54) is 22.0 Å². The summed E-state index contributed by atoms with van der Waals surface area (Å²) < 4.78 is 0. The van der Waals surface area contributed by atoms with Crippen LogP contribution >= 0.6 is 0 Å². The molecule has 0 spiro atoms. The largest absolute Gasteiger partial charge is 0.393 e. The molecule has 3 heteroatoms. The number of fused-ring (bicyclic) bond motifs is 1. The molecule has 2 atom stereocenters. The van der Waals surface area contributed by atoms with Crippen molar-refractivity contribution in [3.05, 3.63) is 42.0 Å². The van der Waals surface area contributed by atoms with Crippen LogP contribution in [0.4, 0.5) is 5.69 Å². The predicted octanol–water partition coefficient (Wildman–Crippen LogP) is 2.51. The minimum absolute atomic E-state index is 0.166. The Balaban J connectivity index is 2.04. The molecule has 0 aromatic heterocycles. The minimum Gasteiger partial charge on any atom is -0.393 e. The van der Waals surface area contributed by atoms with E-state index in [-0.39, 0.29) is 6.10 Å². The van der Waals surface area contributed by atoms with Gasteiger partial charge in [-0.1, -0.05) is 37.3 Å². The molecule has 1 saturated heterocycles. The first-order valence-corrected chi connectivity index (χ1v) is 7.34. The fourth-order valence-corrected chi connectivity index (χ4v) is 3.15. The highest BCUT2D eigenvalue weighted by Gasteiger charge is 2.25. The summed E-state index contributed by atoms with van der Waals surface area (Å²) in [4.78, 5) is 2.39. The Morgan fingerprint density at radius 3 is 2.65 bits per heavy atom. The summed E-state index contributed by atoms with van der Waals surface area (Å²) in [6.07, 6.45) is 0.676. The van der Waals surface area contributed by atoms with Gasteiger partial charge in [0.1, 0.15) is 0 Å². The molecule has 3 nitrogen and oxygen atoms in total. The molecule has 1 heterocycles. The first-order chi connectivity index (χ1) is 9.70. The number of nitrogens with zero attached hydrogens (tertiary/aromatic N) is 1. The molecule has 3 N–H and O–H groups in total. The van der Waals surface area contributed by atoms with Gasteiger partial charge in [0.15, 0.2) is 0 Å². The van der Waals surface area contributed by atoms with Crippen molar-refractivity contribution in [2.45, 2.75) is 26.0 Å². The third-order valence-electron chi connectivity index (χ3n) is 4.41. The molecule has 106 valence electrons. The quantitative estimate of drug-likeness (QED) is 0.881. The third-order valence-corrected chi connectivity index (χ3v) is 4.41. The number of piperidine rings is 1. The SMILES string of the molecule is CC1CN(c2ccc(CN)c3ccccc23)CCC1O. The molecule has 2 aromatic carbocycles. The van der Waals surface area contributed by atoms with Crippen LogP contribution in [0.15, 0.2) is 36.4 Å². The van der Waals surface area contributed by atoms with Crippen molar-refractivity contribution in [1.29, 1.82) is 0 Å². The fraction of sp³-hybridized carbons (Fsp3) is 0.412. The van der Waals surface area contributed by atoms with E-state index in [0.717, 1.165) is 19.5 Å². The van der Waals surface area contributed by atoms with E-state index >= 15 is 0 Å². The molecule has 0 amide bonds. The average Bonchev–Trinajstić information content (AvgIpc) is 2.49. The average molecular weight is 270 g/mol.